The Morgan fingerprint density at radius 1 is 1.39 bits per heavy atom. The molecule has 2 aromatic rings. The topological polar surface area (TPSA) is 105 Å². The standard InChI is InChI=1S/C21H24F2N4O4/c1-11-7-14(8-25-19(11)31-10-21(4,22)23)12(2)27-9-16-15(20(27)30)5-6-24-17(16)26-18(29)13(3)28/h5-8,12-13,28H,9-10H2,1-4H3,(H,24,26,29). The summed E-state index contributed by atoms with van der Waals surface area (Å²) in [5.74, 6) is -3.48. The van der Waals surface area contributed by atoms with Crippen molar-refractivity contribution in [2.24, 2.45) is 0 Å². The smallest absolute Gasteiger partial charge is 0.278 e. The van der Waals surface area contributed by atoms with Gasteiger partial charge in [-0.05, 0) is 38.5 Å². The van der Waals surface area contributed by atoms with E-state index in [1.807, 2.05) is 6.92 Å². The molecule has 1 aliphatic heterocycles. The lowest BCUT2D eigenvalue weighted by Crippen LogP contribution is -2.28. The molecule has 2 N–H and O–H groups in total. The molecule has 2 amide bonds. The Hall–Kier alpha value is -3.14. The maximum Gasteiger partial charge on any atom is 0.278 e. The highest BCUT2D eigenvalue weighted by Crippen LogP contribution is 2.34. The number of fused-ring (bicyclic) bond motifs is 1. The number of aryl methyl sites for hydroxylation is 1. The molecule has 0 radical (unpaired) electrons. The summed E-state index contributed by atoms with van der Waals surface area (Å²) >= 11 is 0. The van der Waals surface area contributed by atoms with Gasteiger partial charge in [0, 0.05) is 36.0 Å². The van der Waals surface area contributed by atoms with Gasteiger partial charge in [-0.25, -0.2) is 18.7 Å². The predicted molar refractivity (Wildman–Crippen MR) is 108 cm³/mol. The van der Waals surface area contributed by atoms with E-state index in [-0.39, 0.29) is 30.2 Å². The molecule has 2 aromatic heterocycles. The second-order valence-corrected chi connectivity index (χ2v) is 7.71. The van der Waals surface area contributed by atoms with E-state index < -0.39 is 24.5 Å². The normalized spacial score (nSPS) is 15.5. The number of carbonyl (C=O) groups is 2. The molecule has 0 fully saturated rings. The highest BCUT2D eigenvalue weighted by atomic mass is 19.3. The second-order valence-electron chi connectivity index (χ2n) is 7.71. The summed E-state index contributed by atoms with van der Waals surface area (Å²) in [5, 5.41) is 12.0. The molecule has 8 nitrogen and oxygen atoms in total. The first kappa shape index (κ1) is 22.5. The number of carbonyl (C=O) groups excluding carboxylic acids is 2. The van der Waals surface area contributed by atoms with Crippen molar-refractivity contribution in [2.45, 2.75) is 52.3 Å². The highest BCUT2D eigenvalue weighted by molar-refractivity contribution is 6.02. The lowest BCUT2D eigenvalue weighted by Gasteiger charge is -2.25. The van der Waals surface area contributed by atoms with Gasteiger partial charge in [-0.1, -0.05) is 0 Å². The number of rotatable bonds is 7. The minimum Gasteiger partial charge on any atom is -0.471 e. The molecular weight excluding hydrogens is 410 g/mol. The number of ether oxygens (including phenoxy) is 1. The molecule has 0 saturated carbocycles. The van der Waals surface area contributed by atoms with Crippen LogP contribution in [0.5, 0.6) is 5.88 Å². The van der Waals surface area contributed by atoms with Crippen LogP contribution in [0.2, 0.25) is 0 Å². The van der Waals surface area contributed by atoms with Crippen molar-refractivity contribution < 1.29 is 28.2 Å². The molecule has 0 saturated heterocycles. The van der Waals surface area contributed by atoms with Crippen LogP contribution in [-0.4, -0.2) is 50.4 Å². The largest absolute Gasteiger partial charge is 0.471 e. The molecular formula is C21H24F2N4O4. The SMILES string of the molecule is Cc1cc(C(C)N2Cc3c(ccnc3NC(=O)C(C)O)C2=O)cnc1OCC(C)(F)F. The van der Waals surface area contributed by atoms with Gasteiger partial charge in [-0.3, -0.25) is 9.59 Å². The fraction of sp³-hybridized carbons (Fsp3) is 0.429. The third-order valence-electron chi connectivity index (χ3n) is 4.96. The van der Waals surface area contributed by atoms with Crippen LogP contribution in [0.25, 0.3) is 0 Å². The number of pyridine rings is 2. The quantitative estimate of drug-likeness (QED) is 0.695. The van der Waals surface area contributed by atoms with Crippen LogP contribution in [0.3, 0.4) is 0 Å². The Bertz CT molecular complexity index is 1010. The van der Waals surface area contributed by atoms with Gasteiger partial charge in [0.15, 0.2) is 6.61 Å². The second kappa shape index (κ2) is 8.54. The van der Waals surface area contributed by atoms with Crippen molar-refractivity contribution in [1.82, 2.24) is 14.9 Å². The van der Waals surface area contributed by atoms with Crippen molar-refractivity contribution in [3.05, 3.63) is 46.8 Å². The summed E-state index contributed by atoms with van der Waals surface area (Å²) < 4.78 is 31.2. The first-order chi connectivity index (χ1) is 14.5. The molecule has 0 bridgehead atoms. The number of alkyl halides is 2. The van der Waals surface area contributed by atoms with Gasteiger partial charge in [0.25, 0.3) is 17.7 Å². The van der Waals surface area contributed by atoms with Crippen LogP contribution in [0.4, 0.5) is 14.6 Å². The van der Waals surface area contributed by atoms with E-state index in [1.165, 1.54) is 19.3 Å². The Balaban J connectivity index is 1.80. The molecule has 3 heterocycles. The first-order valence-corrected chi connectivity index (χ1v) is 9.73. The van der Waals surface area contributed by atoms with Crippen LogP contribution < -0.4 is 10.1 Å². The van der Waals surface area contributed by atoms with Gasteiger partial charge in [-0.15, -0.1) is 0 Å². The Kier molecular flexibility index (Phi) is 6.21. The van der Waals surface area contributed by atoms with Gasteiger partial charge < -0.3 is 20.1 Å². The van der Waals surface area contributed by atoms with Gasteiger partial charge in [-0.2, -0.15) is 0 Å². The number of amides is 2. The van der Waals surface area contributed by atoms with Crippen LogP contribution in [0, 0.1) is 6.92 Å². The maximum absolute atomic E-state index is 13.0. The Morgan fingerprint density at radius 2 is 2.10 bits per heavy atom. The number of aromatic nitrogens is 2. The summed E-state index contributed by atoms with van der Waals surface area (Å²) in [6.07, 6.45) is 1.70. The molecule has 0 spiro atoms. The zero-order chi connectivity index (χ0) is 22.9. The lowest BCUT2D eigenvalue weighted by atomic mass is 10.1. The van der Waals surface area contributed by atoms with Crippen molar-refractivity contribution in [3.63, 3.8) is 0 Å². The number of aliphatic hydroxyl groups excluding tert-OH is 1. The number of hydrogen-bond donors (Lipinski definition) is 2. The molecule has 31 heavy (non-hydrogen) atoms. The number of nitrogens with zero attached hydrogens (tertiary/aromatic N) is 3. The zero-order valence-electron chi connectivity index (χ0n) is 17.6. The van der Waals surface area contributed by atoms with Crippen LogP contribution in [-0.2, 0) is 11.3 Å². The lowest BCUT2D eigenvalue weighted by molar-refractivity contribution is -0.123. The van der Waals surface area contributed by atoms with Crippen molar-refractivity contribution >= 4 is 17.6 Å². The fourth-order valence-electron chi connectivity index (χ4n) is 3.23. The Morgan fingerprint density at radius 3 is 2.71 bits per heavy atom. The van der Waals surface area contributed by atoms with Crippen molar-refractivity contribution in [1.29, 1.82) is 0 Å². The number of anilines is 1. The minimum atomic E-state index is -2.97. The van der Waals surface area contributed by atoms with E-state index in [0.717, 1.165) is 6.92 Å². The maximum atomic E-state index is 13.0. The molecule has 166 valence electrons. The van der Waals surface area contributed by atoms with E-state index in [4.69, 9.17) is 4.74 Å². The van der Waals surface area contributed by atoms with E-state index in [9.17, 15) is 23.5 Å². The van der Waals surface area contributed by atoms with E-state index in [0.29, 0.717) is 22.3 Å². The summed E-state index contributed by atoms with van der Waals surface area (Å²) in [6.45, 7) is 5.05. The molecule has 3 rings (SSSR count). The van der Waals surface area contributed by atoms with Crippen LogP contribution >= 0.6 is 0 Å². The van der Waals surface area contributed by atoms with Gasteiger partial charge in [0.05, 0.1) is 12.6 Å². The number of aliphatic hydroxyl groups is 1. The average Bonchev–Trinajstić information content (AvgIpc) is 3.03. The number of nitrogens with one attached hydrogen (secondary N) is 1. The summed E-state index contributed by atoms with van der Waals surface area (Å²) in [5.41, 5.74) is 2.25. The molecule has 10 heteroatoms. The van der Waals surface area contributed by atoms with Crippen molar-refractivity contribution in [3.8, 4) is 5.88 Å². The van der Waals surface area contributed by atoms with E-state index in [2.05, 4.69) is 15.3 Å². The van der Waals surface area contributed by atoms with Crippen molar-refractivity contribution in [2.75, 3.05) is 11.9 Å². The molecule has 0 aliphatic carbocycles. The monoisotopic (exact) mass is 434 g/mol. The third kappa shape index (κ3) is 4.96. The summed E-state index contributed by atoms with van der Waals surface area (Å²) in [7, 11) is 0. The zero-order valence-corrected chi connectivity index (χ0v) is 17.6. The van der Waals surface area contributed by atoms with Gasteiger partial charge in [0.2, 0.25) is 5.88 Å². The van der Waals surface area contributed by atoms with Gasteiger partial charge in [0.1, 0.15) is 11.9 Å². The highest BCUT2D eigenvalue weighted by Gasteiger charge is 2.34. The minimum absolute atomic E-state index is 0.112. The van der Waals surface area contributed by atoms with Crippen LogP contribution in [0.1, 0.15) is 53.9 Å². The van der Waals surface area contributed by atoms with E-state index >= 15 is 0 Å². The predicted octanol–water partition coefficient (Wildman–Crippen LogP) is 2.86. The summed E-state index contributed by atoms with van der Waals surface area (Å²) in [4.78, 5) is 34.7. The summed E-state index contributed by atoms with van der Waals surface area (Å²) in [6, 6.07) is 2.94. The molecule has 2 unspecified atom stereocenters. The van der Waals surface area contributed by atoms with Crippen LogP contribution in [0.15, 0.2) is 24.5 Å². The first-order valence-electron chi connectivity index (χ1n) is 9.73. The van der Waals surface area contributed by atoms with Gasteiger partial charge >= 0.3 is 0 Å². The third-order valence-corrected chi connectivity index (χ3v) is 4.96. The molecule has 0 aromatic carbocycles. The number of halogens is 2. The molecule has 1 aliphatic rings. The average molecular weight is 434 g/mol. The van der Waals surface area contributed by atoms with E-state index in [1.54, 1.807) is 24.0 Å². The molecule has 2 atom stereocenters. The fourth-order valence-corrected chi connectivity index (χ4v) is 3.23. The number of hydrogen-bond acceptors (Lipinski definition) is 6. The Labute approximate surface area is 178 Å².